The third-order valence-corrected chi connectivity index (χ3v) is 3.22. The molecule has 0 aliphatic heterocycles. The zero-order valence-electron chi connectivity index (χ0n) is 6.81. The van der Waals surface area contributed by atoms with Crippen molar-refractivity contribution >= 4 is 11.8 Å². The SMILES string of the molecule is C[CH]SCC1CCCCC1. The molecule has 0 heterocycles. The molecule has 1 saturated carbocycles. The van der Waals surface area contributed by atoms with E-state index < -0.39 is 0 Å². The van der Waals surface area contributed by atoms with Crippen LogP contribution in [0.1, 0.15) is 39.0 Å². The van der Waals surface area contributed by atoms with Gasteiger partial charge >= 0.3 is 0 Å². The topological polar surface area (TPSA) is 0 Å². The second-order valence-electron chi connectivity index (χ2n) is 3.07. The van der Waals surface area contributed by atoms with Crippen LogP contribution in [0, 0.1) is 11.7 Å². The normalized spacial score (nSPS) is 21.3. The van der Waals surface area contributed by atoms with E-state index in [0.29, 0.717) is 0 Å². The molecule has 0 aromatic heterocycles. The third-order valence-electron chi connectivity index (χ3n) is 2.22. The van der Waals surface area contributed by atoms with Crippen molar-refractivity contribution in [3.8, 4) is 0 Å². The Bertz CT molecular complexity index is 74.8. The quantitative estimate of drug-likeness (QED) is 0.604. The minimum atomic E-state index is 1.04. The van der Waals surface area contributed by atoms with Gasteiger partial charge in [-0.2, -0.15) is 11.8 Å². The van der Waals surface area contributed by atoms with E-state index in [1.54, 1.807) is 0 Å². The molecular weight excluding hydrogens is 140 g/mol. The van der Waals surface area contributed by atoms with E-state index >= 15 is 0 Å². The lowest BCUT2D eigenvalue weighted by molar-refractivity contribution is 0.391. The molecule has 1 fully saturated rings. The zero-order chi connectivity index (χ0) is 7.23. The van der Waals surface area contributed by atoms with Crippen LogP contribution in [-0.2, 0) is 0 Å². The number of thioether (sulfide) groups is 1. The maximum atomic E-state index is 2.22. The fourth-order valence-corrected chi connectivity index (χ4v) is 2.38. The van der Waals surface area contributed by atoms with E-state index in [0.717, 1.165) is 5.92 Å². The summed E-state index contributed by atoms with van der Waals surface area (Å²) in [7, 11) is 0. The first-order valence-electron chi connectivity index (χ1n) is 4.33. The monoisotopic (exact) mass is 157 g/mol. The molecule has 1 aliphatic carbocycles. The van der Waals surface area contributed by atoms with Gasteiger partial charge in [-0.1, -0.05) is 26.2 Å². The predicted octanol–water partition coefficient (Wildman–Crippen LogP) is 3.48. The molecule has 1 radical (unpaired) electrons. The Balaban J connectivity index is 2.02. The average molecular weight is 157 g/mol. The standard InChI is InChI=1S/C9H17S/c1-2-10-8-9-6-4-3-5-7-9/h2,9H,3-8H2,1H3. The van der Waals surface area contributed by atoms with Crippen LogP contribution in [0.15, 0.2) is 0 Å². The molecule has 0 atom stereocenters. The third kappa shape index (κ3) is 2.96. The fraction of sp³-hybridized carbons (Fsp3) is 0.889. The number of rotatable bonds is 3. The lowest BCUT2D eigenvalue weighted by Gasteiger charge is -2.20. The Labute approximate surface area is 68.8 Å². The molecule has 0 amide bonds. The molecule has 0 spiro atoms. The maximum Gasteiger partial charge on any atom is 0.0135 e. The van der Waals surface area contributed by atoms with Crippen molar-refractivity contribution in [1.82, 2.24) is 0 Å². The molecule has 0 aromatic carbocycles. The van der Waals surface area contributed by atoms with Gasteiger partial charge in [0, 0.05) is 5.75 Å². The van der Waals surface area contributed by atoms with Crippen molar-refractivity contribution in [3.63, 3.8) is 0 Å². The van der Waals surface area contributed by atoms with Crippen LogP contribution in [0.4, 0.5) is 0 Å². The van der Waals surface area contributed by atoms with Crippen LogP contribution >= 0.6 is 11.8 Å². The van der Waals surface area contributed by atoms with Crippen molar-refractivity contribution in [3.05, 3.63) is 5.75 Å². The Morgan fingerprint density at radius 3 is 2.60 bits per heavy atom. The van der Waals surface area contributed by atoms with Gasteiger partial charge in [0.15, 0.2) is 0 Å². The minimum absolute atomic E-state index is 1.04. The van der Waals surface area contributed by atoms with Crippen molar-refractivity contribution in [2.75, 3.05) is 5.75 Å². The molecule has 59 valence electrons. The van der Waals surface area contributed by atoms with E-state index in [2.05, 4.69) is 12.7 Å². The van der Waals surface area contributed by atoms with Crippen molar-refractivity contribution in [2.24, 2.45) is 5.92 Å². The highest BCUT2D eigenvalue weighted by Crippen LogP contribution is 2.27. The van der Waals surface area contributed by atoms with Crippen LogP contribution in [0.2, 0.25) is 0 Å². The molecule has 1 rings (SSSR count). The number of hydrogen-bond acceptors (Lipinski definition) is 1. The summed E-state index contributed by atoms with van der Waals surface area (Å²) in [6.07, 6.45) is 7.42. The van der Waals surface area contributed by atoms with Gasteiger partial charge in [0.25, 0.3) is 0 Å². The van der Waals surface area contributed by atoms with E-state index in [1.165, 1.54) is 37.9 Å². The second-order valence-corrected chi connectivity index (χ2v) is 4.21. The van der Waals surface area contributed by atoms with Gasteiger partial charge in [-0.05, 0) is 24.5 Å². The highest BCUT2D eigenvalue weighted by molar-refractivity contribution is 8.01. The van der Waals surface area contributed by atoms with E-state index in [4.69, 9.17) is 0 Å². The summed E-state index contributed by atoms with van der Waals surface area (Å²) in [5, 5.41) is 0. The maximum absolute atomic E-state index is 2.22. The summed E-state index contributed by atoms with van der Waals surface area (Å²) in [4.78, 5) is 0. The highest BCUT2D eigenvalue weighted by atomic mass is 32.2. The molecule has 1 aliphatic rings. The predicted molar refractivity (Wildman–Crippen MR) is 49.0 cm³/mol. The van der Waals surface area contributed by atoms with Crippen LogP contribution < -0.4 is 0 Å². The molecule has 1 heteroatoms. The van der Waals surface area contributed by atoms with Gasteiger partial charge in [0.2, 0.25) is 0 Å². The highest BCUT2D eigenvalue weighted by Gasteiger charge is 2.12. The molecule has 0 unspecified atom stereocenters. The molecule has 10 heavy (non-hydrogen) atoms. The van der Waals surface area contributed by atoms with Gasteiger partial charge in [-0.25, -0.2) is 0 Å². The Hall–Kier alpha value is 0.350. The van der Waals surface area contributed by atoms with Gasteiger partial charge in [-0.3, -0.25) is 0 Å². The largest absolute Gasteiger partial charge is 0.157 e. The van der Waals surface area contributed by atoms with Gasteiger partial charge in [0.05, 0.1) is 0 Å². The first-order chi connectivity index (χ1) is 4.93. The Morgan fingerprint density at radius 2 is 2.00 bits per heavy atom. The van der Waals surface area contributed by atoms with Crippen LogP contribution in [-0.4, -0.2) is 5.75 Å². The lowest BCUT2D eigenvalue weighted by atomic mass is 9.91. The summed E-state index contributed by atoms with van der Waals surface area (Å²) in [6, 6.07) is 0. The summed E-state index contributed by atoms with van der Waals surface area (Å²) in [5.41, 5.74) is 0. The van der Waals surface area contributed by atoms with Crippen LogP contribution in [0.25, 0.3) is 0 Å². The first-order valence-corrected chi connectivity index (χ1v) is 5.38. The lowest BCUT2D eigenvalue weighted by Crippen LogP contribution is -2.08. The van der Waals surface area contributed by atoms with E-state index in [-0.39, 0.29) is 0 Å². The molecule has 0 bridgehead atoms. The second kappa shape index (κ2) is 5.06. The summed E-state index contributed by atoms with van der Waals surface area (Å²) < 4.78 is 0. The molecule has 0 saturated heterocycles. The molecule has 0 aromatic rings. The summed E-state index contributed by atoms with van der Waals surface area (Å²) >= 11 is 1.99. The smallest absolute Gasteiger partial charge is 0.0135 e. The summed E-state index contributed by atoms with van der Waals surface area (Å²) in [5.74, 6) is 4.63. The zero-order valence-corrected chi connectivity index (χ0v) is 7.62. The Kier molecular flexibility index (Phi) is 4.27. The van der Waals surface area contributed by atoms with E-state index in [9.17, 15) is 0 Å². The van der Waals surface area contributed by atoms with Crippen molar-refractivity contribution in [1.29, 1.82) is 0 Å². The molecule has 0 nitrogen and oxygen atoms in total. The Morgan fingerprint density at radius 1 is 1.30 bits per heavy atom. The van der Waals surface area contributed by atoms with Crippen LogP contribution in [0.5, 0.6) is 0 Å². The first kappa shape index (κ1) is 8.45. The van der Waals surface area contributed by atoms with Gasteiger partial charge < -0.3 is 0 Å². The number of hydrogen-bond donors (Lipinski definition) is 0. The minimum Gasteiger partial charge on any atom is -0.157 e. The van der Waals surface area contributed by atoms with E-state index in [1.807, 2.05) is 11.8 Å². The van der Waals surface area contributed by atoms with Crippen LogP contribution in [0.3, 0.4) is 0 Å². The summed E-state index contributed by atoms with van der Waals surface area (Å²) in [6.45, 7) is 2.13. The molecule has 0 N–H and O–H groups in total. The fourth-order valence-electron chi connectivity index (χ4n) is 1.59. The average Bonchev–Trinajstić information content (AvgIpc) is 2.03. The molecular formula is C9H17S. The van der Waals surface area contributed by atoms with Gasteiger partial charge in [-0.15, -0.1) is 0 Å². The van der Waals surface area contributed by atoms with Crippen molar-refractivity contribution < 1.29 is 0 Å². The van der Waals surface area contributed by atoms with Crippen molar-refractivity contribution in [2.45, 2.75) is 39.0 Å². The van der Waals surface area contributed by atoms with Gasteiger partial charge in [0.1, 0.15) is 0 Å².